The van der Waals surface area contributed by atoms with Gasteiger partial charge in [0, 0.05) is 19.3 Å². The third kappa shape index (κ3) is 3.28. The van der Waals surface area contributed by atoms with Crippen molar-refractivity contribution in [1.29, 1.82) is 5.26 Å². The Morgan fingerprint density at radius 1 is 1.53 bits per heavy atom. The molecule has 1 heterocycles. The van der Waals surface area contributed by atoms with E-state index in [1.807, 2.05) is 19.9 Å². The van der Waals surface area contributed by atoms with E-state index in [9.17, 15) is 4.79 Å². The molecule has 1 atom stereocenters. The maximum absolute atomic E-state index is 12.1. The topological polar surface area (TPSA) is 57.0 Å². The van der Waals surface area contributed by atoms with Crippen molar-refractivity contribution in [2.24, 2.45) is 5.92 Å². The third-order valence-corrected chi connectivity index (χ3v) is 2.57. The molecule has 1 amide bonds. The normalized spacial score (nSPS) is 11.7. The van der Waals surface area contributed by atoms with Crippen LogP contribution in [-0.2, 0) is 0 Å². The van der Waals surface area contributed by atoms with Crippen molar-refractivity contribution in [2.45, 2.75) is 20.8 Å². The van der Waals surface area contributed by atoms with Gasteiger partial charge in [-0.2, -0.15) is 5.26 Å². The quantitative estimate of drug-likeness (QED) is 0.798. The lowest BCUT2D eigenvalue weighted by atomic mass is 10.1. The molecular formula is C13H17N3O. The Morgan fingerprint density at radius 3 is 2.71 bits per heavy atom. The summed E-state index contributed by atoms with van der Waals surface area (Å²) < 4.78 is 0. The maximum atomic E-state index is 12.1. The number of hydrogen-bond acceptors (Lipinski definition) is 3. The van der Waals surface area contributed by atoms with Crippen LogP contribution in [-0.4, -0.2) is 29.4 Å². The second-order valence-electron chi connectivity index (χ2n) is 4.30. The summed E-state index contributed by atoms with van der Waals surface area (Å²) >= 11 is 0. The van der Waals surface area contributed by atoms with E-state index in [0.717, 1.165) is 11.4 Å². The predicted octanol–water partition coefficient (Wildman–Crippen LogP) is 1.93. The van der Waals surface area contributed by atoms with E-state index in [2.05, 4.69) is 11.1 Å². The van der Waals surface area contributed by atoms with Crippen molar-refractivity contribution in [3.05, 3.63) is 29.1 Å². The van der Waals surface area contributed by atoms with Crippen molar-refractivity contribution < 1.29 is 4.79 Å². The number of aryl methyl sites for hydroxylation is 2. The van der Waals surface area contributed by atoms with E-state index in [1.165, 1.54) is 0 Å². The predicted molar refractivity (Wildman–Crippen MR) is 65.4 cm³/mol. The molecule has 4 nitrogen and oxygen atoms in total. The zero-order chi connectivity index (χ0) is 13.0. The number of aromatic nitrogens is 1. The fourth-order valence-corrected chi connectivity index (χ4v) is 1.65. The summed E-state index contributed by atoms with van der Waals surface area (Å²) in [6, 6.07) is 5.72. The van der Waals surface area contributed by atoms with Crippen LogP contribution in [0.15, 0.2) is 12.1 Å². The fraction of sp³-hybridized carbons (Fsp3) is 0.462. The Hall–Kier alpha value is -1.89. The van der Waals surface area contributed by atoms with Gasteiger partial charge in [-0.15, -0.1) is 0 Å². The lowest BCUT2D eigenvalue weighted by Crippen LogP contribution is -2.31. The maximum Gasteiger partial charge on any atom is 0.255 e. The molecule has 17 heavy (non-hydrogen) atoms. The zero-order valence-corrected chi connectivity index (χ0v) is 10.7. The fourth-order valence-electron chi connectivity index (χ4n) is 1.65. The Morgan fingerprint density at radius 2 is 2.18 bits per heavy atom. The third-order valence-electron chi connectivity index (χ3n) is 2.57. The van der Waals surface area contributed by atoms with Crippen LogP contribution in [0.4, 0.5) is 0 Å². The SMILES string of the molecule is Cc1ccc(C(=O)N(C)CC(C)C#N)c(C)n1. The first kappa shape index (κ1) is 13.2. The van der Waals surface area contributed by atoms with Gasteiger partial charge >= 0.3 is 0 Å². The van der Waals surface area contributed by atoms with Gasteiger partial charge in [0.15, 0.2) is 0 Å². The van der Waals surface area contributed by atoms with Gasteiger partial charge in [0.1, 0.15) is 0 Å². The Bertz CT molecular complexity index is 462. The highest BCUT2D eigenvalue weighted by molar-refractivity contribution is 5.95. The molecule has 0 saturated heterocycles. The van der Waals surface area contributed by atoms with Gasteiger partial charge in [-0.3, -0.25) is 9.78 Å². The van der Waals surface area contributed by atoms with E-state index in [4.69, 9.17) is 5.26 Å². The molecule has 0 aliphatic rings. The highest BCUT2D eigenvalue weighted by atomic mass is 16.2. The highest BCUT2D eigenvalue weighted by Crippen LogP contribution is 2.10. The first-order valence-corrected chi connectivity index (χ1v) is 5.55. The number of amides is 1. The number of nitriles is 1. The number of carbonyl (C=O) groups is 1. The van der Waals surface area contributed by atoms with E-state index in [1.54, 1.807) is 24.9 Å². The first-order valence-electron chi connectivity index (χ1n) is 5.55. The monoisotopic (exact) mass is 231 g/mol. The van der Waals surface area contributed by atoms with Crippen LogP contribution in [0.25, 0.3) is 0 Å². The van der Waals surface area contributed by atoms with Crippen LogP contribution in [0.5, 0.6) is 0 Å². The summed E-state index contributed by atoms with van der Waals surface area (Å²) in [5.74, 6) is -0.250. The number of rotatable bonds is 3. The lowest BCUT2D eigenvalue weighted by Gasteiger charge is -2.19. The van der Waals surface area contributed by atoms with Gasteiger partial charge in [-0.25, -0.2) is 0 Å². The number of hydrogen-bond donors (Lipinski definition) is 0. The van der Waals surface area contributed by atoms with Gasteiger partial charge in [0.25, 0.3) is 5.91 Å². The molecule has 0 radical (unpaired) electrons. The zero-order valence-electron chi connectivity index (χ0n) is 10.7. The van der Waals surface area contributed by atoms with Crippen LogP contribution in [0.2, 0.25) is 0 Å². The minimum atomic E-state index is -0.164. The van der Waals surface area contributed by atoms with Crippen LogP contribution in [0.3, 0.4) is 0 Å². The van der Waals surface area contributed by atoms with Crippen molar-refractivity contribution in [2.75, 3.05) is 13.6 Å². The van der Waals surface area contributed by atoms with E-state index in [0.29, 0.717) is 12.1 Å². The molecule has 90 valence electrons. The number of nitrogens with zero attached hydrogens (tertiary/aromatic N) is 3. The van der Waals surface area contributed by atoms with Crippen molar-refractivity contribution in [3.63, 3.8) is 0 Å². The molecule has 0 aliphatic carbocycles. The van der Waals surface area contributed by atoms with E-state index < -0.39 is 0 Å². The molecule has 0 bridgehead atoms. The largest absolute Gasteiger partial charge is 0.340 e. The molecule has 1 aromatic heterocycles. The molecule has 0 spiro atoms. The molecule has 1 unspecified atom stereocenters. The lowest BCUT2D eigenvalue weighted by molar-refractivity contribution is 0.0784. The Labute approximate surface area is 102 Å². The van der Waals surface area contributed by atoms with E-state index >= 15 is 0 Å². The summed E-state index contributed by atoms with van der Waals surface area (Å²) in [6.07, 6.45) is 0. The summed E-state index contributed by atoms with van der Waals surface area (Å²) in [7, 11) is 1.70. The van der Waals surface area contributed by atoms with E-state index in [-0.39, 0.29) is 11.8 Å². The van der Waals surface area contributed by atoms with Crippen LogP contribution in [0, 0.1) is 31.1 Å². The van der Waals surface area contributed by atoms with Crippen LogP contribution in [0.1, 0.15) is 28.7 Å². The Balaban J connectivity index is 2.86. The molecule has 4 heteroatoms. The molecule has 1 rings (SSSR count). The summed E-state index contributed by atoms with van der Waals surface area (Å²) in [5, 5.41) is 8.73. The molecule has 1 aromatic rings. The average molecular weight is 231 g/mol. The highest BCUT2D eigenvalue weighted by Gasteiger charge is 2.16. The minimum Gasteiger partial charge on any atom is -0.340 e. The molecule has 0 saturated carbocycles. The standard InChI is InChI=1S/C13H17N3O/c1-9(7-14)8-16(4)13(17)12-6-5-10(2)15-11(12)3/h5-6,9H,8H2,1-4H3. The second-order valence-corrected chi connectivity index (χ2v) is 4.30. The number of pyridine rings is 1. The summed E-state index contributed by atoms with van der Waals surface area (Å²) in [4.78, 5) is 17.9. The second kappa shape index (κ2) is 5.44. The van der Waals surface area contributed by atoms with Gasteiger partial charge < -0.3 is 4.90 Å². The van der Waals surface area contributed by atoms with Crippen LogP contribution < -0.4 is 0 Å². The van der Waals surface area contributed by atoms with Gasteiger partial charge in [-0.05, 0) is 32.9 Å². The molecule has 0 aliphatic heterocycles. The average Bonchev–Trinajstić information content (AvgIpc) is 2.28. The van der Waals surface area contributed by atoms with Crippen LogP contribution >= 0.6 is 0 Å². The molecule has 0 fully saturated rings. The number of carbonyl (C=O) groups excluding carboxylic acids is 1. The minimum absolute atomic E-state index is 0.0860. The smallest absolute Gasteiger partial charge is 0.255 e. The molecule has 0 aromatic carbocycles. The summed E-state index contributed by atoms with van der Waals surface area (Å²) in [5.41, 5.74) is 2.22. The van der Waals surface area contributed by atoms with Gasteiger partial charge in [-0.1, -0.05) is 0 Å². The van der Waals surface area contributed by atoms with Crippen molar-refractivity contribution >= 4 is 5.91 Å². The van der Waals surface area contributed by atoms with Gasteiger partial charge in [0.2, 0.25) is 0 Å². The van der Waals surface area contributed by atoms with Crippen molar-refractivity contribution in [1.82, 2.24) is 9.88 Å². The Kier molecular flexibility index (Phi) is 4.22. The summed E-state index contributed by atoms with van der Waals surface area (Å²) in [6.45, 7) is 5.94. The van der Waals surface area contributed by atoms with Gasteiger partial charge in [0.05, 0.1) is 23.2 Å². The molecule has 0 N–H and O–H groups in total. The molecular weight excluding hydrogens is 214 g/mol. The van der Waals surface area contributed by atoms with Crippen molar-refractivity contribution in [3.8, 4) is 6.07 Å². The first-order chi connectivity index (χ1) is 7.95.